The van der Waals surface area contributed by atoms with E-state index in [-0.39, 0.29) is 35.6 Å². The molecule has 0 amide bonds. The van der Waals surface area contributed by atoms with Crippen LogP contribution in [0.25, 0.3) is 0 Å². The lowest BCUT2D eigenvalue weighted by molar-refractivity contribution is 0.281. The van der Waals surface area contributed by atoms with Gasteiger partial charge in [0.1, 0.15) is 0 Å². The van der Waals surface area contributed by atoms with Crippen LogP contribution in [-0.2, 0) is 23.9 Å². The first-order valence-electron chi connectivity index (χ1n) is 11.8. The number of halogens is 2. The van der Waals surface area contributed by atoms with Crippen LogP contribution < -0.4 is 10.6 Å². The standard InChI is InChI=1S/C28H42N2.2ClH/c1-27(2,3)23-15-11-21(12-16-23)19-29-25-9-7-8-10-26(25)30-20-22-13-17-24(18-14-22)28(4,5)6;;/h11-18,25-26,29-30H,7-10,19-20H2,1-6H3;2*1H. The molecule has 0 aliphatic heterocycles. The highest BCUT2D eigenvalue weighted by molar-refractivity contribution is 5.85. The van der Waals surface area contributed by atoms with Crippen molar-refractivity contribution >= 4 is 24.8 Å². The van der Waals surface area contributed by atoms with Crippen LogP contribution in [0.1, 0.15) is 89.5 Å². The highest BCUT2D eigenvalue weighted by Crippen LogP contribution is 2.24. The average molecular weight is 480 g/mol. The fraction of sp³-hybridized carbons (Fsp3) is 0.571. The molecule has 2 unspecified atom stereocenters. The van der Waals surface area contributed by atoms with E-state index in [1.54, 1.807) is 0 Å². The second-order valence-electron chi connectivity index (χ2n) is 11.2. The number of rotatable bonds is 6. The lowest BCUT2D eigenvalue weighted by Crippen LogP contribution is -2.49. The lowest BCUT2D eigenvalue weighted by Gasteiger charge is -2.33. The molecule has 2 aromatic carbocycles. The summed E-state index contributed by atoms with van der Waals surface area (Å²) in [5.74, 6) is 0. The Morgan fingerprint density at radius 3 is 1.19 bits per heavy atom. The topological polar surface area (TPSA) is 24.1 Å². The monoisotopic (exact) mass is 478 g/mol. The second kappa shape index (κ2) is 12.4. The number of hydrogen-bond donors (Lipinski definition) is 2. The fourth-order valence-corrected chi connectivity index (χ4v) is 4.36. The summed E-state index contributed by atoms with van der Waals surface area (Å²) < 4.78 is 0. The molecule has 2 nitrogen and oxygen atoms in total. The SMILES string of the molecule is CC(C)(C)c1ccc(CNC2CCCCC2NCc2ccc(C(C)(C)C)cc2)cc1.Cl.Cl. The van der Waals surface area contributed by atoms with Crippen molar-refractivity contribution in [1.82, 2.24) is 10.6 Å². The normalized spacial score (nSPS) is 19.1. The third-order valence-electron chi connectivity index (χ3n) is 6.54. The van der Waals surface area contributed by atoms with Gasteiger partial charge in [0, 0.05) is 25.2 Å². The molecule has 0 spiro atoms. The van der Waals surface area contributed by atoms with Gasteiger partial charge in [-0.3, -0.25) is 0 Å². The van der Waals surface area contributed by atoms with Crippen molar-refractivity contribution < 1.29 is 0 Å². The number of nitrogens with one attached hydrogen (secondary N) is 2. The maximum absolute atomic E-state index is 3.85. The molecule has 2 aromatic rings. The minimum Gasteiger partial charge on any atom is -0.308 e. The van der Waals surface area contributed by atoms with Crippen LogP contribution in [0.5, 0.6) is 0 Å². The molecule has 180 valence electrons. The summed E-state index contributed by atoms with van der Waals surface area (Å²) in [5.41, 5.74) is 6.00. The van der Waals surface area contributed by atoms with Gasteiger partial charge in [0.2, 0.25) is 0 Å². The van der Waals surface area contributed by atoms with E-state index in [4.69, 9.17) is 0 Å². The van der Waals surface area contributed by atoms with Crippen molar-refractivity contribution in [1.29, 1.82) is 0 Å². The molecule has 0 heterocycles. The summed E-state index contributed by atoms with van der Waals surface area (Å²) in [6, 6.07) is 19.4. The summed E-state index contributed by atoms with van der Waals surface area (Å²) in [5, 5.41) is 7.70. The largest absolute Gasteiger partial charge is 0.308 e. The van der Waals surface area contributed by atoms with Gasteiger partial charge in [0.15, 0.2) is 0 Å². The lowest BCUT2D eigenvalue weighted by atomic mass is 9.86. The fourth-order valence-electron chi connectivity index (χ4n) is 4.36. The van der Waals surface area contributed by atoms with Gasteiger partial charge < -0.3 is 10.6 Å². The predicted molar refractivity (Wildman–Crippen MR) is 145 cm³/mol. The molecule has 1 fully saturated rings. The van der Waals surface area contributed by atoms with Crippen molar-refractivity contribution in [3.63, 3.8) is 0 Å². The molecule has 4 heteroatoms. The van der Waals surface area contributed by atoms with Crippen LogP contribution in [0.4, 0.5) is 0 Å². The second-order valence-corrected chi connectivity index (χ2v) is 11.2. The van der Waals surface area contributed by atoms with Gasteiger partial charge in [-0.05, 0) is 45.9 Å². The molecule has 32 heavy (non-hydrogen) atoms. The van der Waals surface area contributed by atoms with Gasteiger partial charge in [-0.1, -0.05) is 103 Å². The van der Waals surface area contributed by atoms with Crippen molar-refractivity contribution in [2.45, 2.75) is 103 Å². The summed E-state index contributed by atoms with van der Waals surface area (Å²) in [6.07, 6.45) is 5.19. The van der Waals surface area contributed by atoms with E-state index < -0.39 is 0 Å². The molecular formula is C28H44Cl2N2. The third-order valence-corrected chi connectivity index (χ3v) is 6.54. The van der Waals surface area contributed by atoms with Crippen molar-refractivity contribution in [3.8, 4) is 0 Å². The Kier molecular flexibility index (Phi) is 11.2. The maximum Gasteiger partial charge on any atom is 0.0224 e. The Hall–Kier alpha value is -1.06. The zero-order valence-electron chi connectivity index (χ0n) is 20.8. The Morgan fingerprint density at radius 1 is 0.594 bits per heavy atom. The van der Waals surface area contributed by atoms with Crippen molar-refractivity contribution in [2.75, 3.05) is 0 Å². The average Bonchev–Trinajstić information content (AvgIpc) is 2.70. The molecule has 1 saturated carbocycles. The van der Waals surface area contributed by atoms with Gasteiger partial charge in [-0.15, -0.1) is 24.8 Å². The smallest absolute Gasteiger partial charge is 0.0224 e. The van der Waals surface area contributed by atoms with Gasteiger partial charge in [-0.2, -0.15) is 0 Å². The molecule has 0 aromatic heterocycles. The summed E-state index contributed by atoms with van der Waals surface area (Å²) in [6.45, 7) is 15.5. The zero-order chi connectivity index (χ0) is 21.8. The maximum atomic E-state index is 3.85. The van der Waals surface area contributed by atoms with Crippen molar-refractivity contribution in [3.05, 3.63) is 70.8 Å². The molecule has 1 aliphatic rings. The Labute approximate surface area is 209 Å². The molecule has 3 rings (SSSR count). The molecule has 0 bridgehead atoms. The Balaban J connectivity index is 0.00000256. The first-order chi connectivity index (χ1) is 14.1. The molecule has 0 radical (unpaired) electrons. The van der Waals surface area contributed by atoms with E-state index in [2.05, 4.69) is 101 Å². The van der Waals surface area contributed by atoms with Crippen LogP contribution >= 0.6 is 24.8 Å². The quantitative estimate of drug-likeness (QED) is 0.454. The van der Waals surface area contributed by atoms with Crippen LogP contribution in [0.2, 0.25) is 0 Å². The first kappa shape index (κ1) is 29.0. The van der Waals surface area contributed by atoms with Gasteiger partial charge >= 0.3 is 0 Å². The summed E-state index contributed by atoms with van der Waals surface area (Å²) in [4.78, 5) is 0. The molecule has 2 N–H and O–H groups in total. The van der Waals surface area contributed by atoms with E-state index in [0.29, 0.717) is 12.1 Å². The van der Waals surface area contributed by atoms with Gasteiger partial charge in [0.05, 0.1) is 0 Å². The summed E-state index contributed by atoms with van der Waals surface area (Å²) >= 11 is 0. The van der Waals surface area contributed by atoms with E-state index in [1.807, 2.05) is 0 Å². The van der Waals surface area contributed by atoms with Crippen LogP contribution in [0.3, 0.4) is 0 Å². The van der Waals surface area contributed by atoms with Crippen molar-refractivity contribution in [2.24, 2.45) is 0 Å². The molecular weight excluding hydrogens is 435 g/mol. The van der Waals surface area contributed by atoms with E-state index in [0.717, 1.165) is 13.1 Å². The third kappa shape index (κ3) is 8.37. The minimum atomic E-state index is 0. The molecule has 2 atom stereocenters. The van der Waals surface area contributed by atoms with E-state index in [1.165, 1.54) is 47.9 Å². The Bertz CT molecular complexity index is 717. The minimum absolute atomic E-state index is 0. The zero-order valence-corrected chi connectivity index (χ0v) is 22.5. The number of benzene rings is 2. The van der Waals surface area contributed by atoms with Crippen LogP contribution in [-0.4, -0.2) is 12.1 Å². The first-order valence-corrected chi connectivity index (χ1v) is 11.8. The molecule has 1 aliphatic carbocycles. The van der Waals surface area contributed by atoms with Crippen LogP contribution in [0, 0.1) is 0 Å². The highest BCUT2D eigenvalue weighted by Gasteiger charge is 2.24. The molecule has 0 saturated heterocycles. The predicted octanol–water partition coefficient (Wildman–Crippen LogP) is 7.32. The van der Waals surface area contributed by atoms with Crippen LogP contribution in [0.15, 0.2) is 48.5 Å². The van der Waals surface area contributed by atoms with Gasteiger partial charge in [0.25, 0.3) is 0 Å². The summed E-state index contributed by atoms with van der Waals surface area (Å²) in [7, 11) is 0. The van der Waals surface area contributed by atoms with Gasteiger partial charge in [-0.25, -0.2) is 0 Å². The van der Waals surface area contributed by atoms with E-state index >= 15 is 0 Å². The Morgan fingerprint density at radius 2 is 0.906 bits per heavy atom. The van der Waals surface area contributed by atoms with E-state index in [9.17, 15) is 0 Å². The number of hydrogen-bond acceptors (Lipinski definition) is 2. The highest BCUT2D eigenvalue weighted by atomic mass is 35.5.